The molecule has 1 aromatic heterocycles. The first kappa shape index (κ1) is 23.4. The summed E-state index contributed by atoms with van der Waals surface area (Å²) in [6.45, 7) is 4.06. The van der Waals surface area contributed by atoms with Crippen molar-refractivity contribution in [3.05, 3.63) is 77.7 Å². The van der Waals surface area contributed by atoms with Crippen LogP contribution in [-0.2, 0) is 13.1 Å². The van der Waals surface area contributed by atoms with E-state index in [0.717, 1.165) is 23.4 Å². The SMILES string of the molecule is CCOc1ccccc1CN(Cc1ccco1)CC(O)COc1ccc(C=O)cc1OC. The molecule has 1 atom stereocenters. The Hall–Kier alpha value is -3.29. The van der Waals surface area contributed by atoms with Crippen LogP contribution in [0.4, 0.5) is 0 Å². The molecule has 3 rings (SSSR count). The van der Waals surface area contributed by atoms with E-state index in [1.165, 1.54) is 7.11 Å². The maximum atomic E-state index is 11.0. The summed E-state index contributed by atoms with van der Waals surface area (Å²) in [6, 6.07) is 16.5. The molecule has 0 bridgehead atoms. The lowest BCUT2D eigenvalue weighted by Crippen LogP contribution is -2.35. The molecule has 1 heterocycles. The van der Waals surface area contributed by atoms with Gasteiger partial charge in [0, 0.05) is 24.2 Å². The molecular weight excluding hydrogens is 410 g/mol. The van der Waals surface area contributed by atoms with Crippen LogP contribution in [0.25, 0.3) is 0 Å². The predicted octanol–water partition coefficient (Wildman–Crippen LogP) is 3.94. The summed E-state index contributed by atoms with van der Waals surface area (Å²) < 4.78 is 22.3. The highest BCUT2D eigenvalue weighted by Crippen LogP contribution is 2.28. The Labute approximate surface area is 188 Å². The van der Waals surface area contributed by atoms with Crippen molar-refractivity contribution in [1.29, 1.82) is 0 Å². The summed E-state index contributed by atoms with van der Waals surface area (Å²) in [5, 5.41) is 10.7. The van der Waals surface area contributed by atoms with Crippen LogP contribution in [0.5, 0.6) is 17.2 Å². The fraction of sp³-hybridized carbons (Fsp3) is 0.320. The van der Waals surface area contributed by atoms with E-state index in [9.17, 15) is 9.90 Å². The van der Waals surface area contributed by atoms with E-state index in [1.807, 2.05) is 43.3 Å². The Morgan fingerprint density at radius 3 is 2.59 bits per heavy atom. The second-order valence-corrected chi connectivity index (χ2v) is 7.28. The second-order valence-electron chi connectivity index (χ2n) is 7.28. The molecule has 1 unspecified atom stereocenters. The van der Waals surface area contributed by atoms with E-state index in [-0.39, 0.29) is 6.61 Å². The first-order valence-electron chi connectivity index (χ1n) is 10.5. The lowest BCUT2D eigenvalue weighted by molar-refractivity contribution is 0.0592. The van der Waals surface area contributed by atoms with Crippen LogP contribution in [0.3, 0.4) is 0 Å². The fourth-order valence-electron chi connectivity index (χ4n) is 3.39. The van der Waals surface area contributed by atoms with Crippen molar-refractivity contribution in [3.63, 3.8) is 0 Å². The third-order valence-electron chi connectivity index (χ3n) is 4.85. The van der Waals surface area contributed by atoms with E-state index in [0.29, 0.717) is 43.3 Å². The zero-order valence-corrected chi connectivity index (χ0v) is 18.4. The third-order valence-corrected chi connectivity index (χ3v) is 4.85. The van der Waals surface area contributed by atoms with Gasteiger partial charge >= 0.3 is 0 Å². The lowest BCUT2D eigenvalue weighted by Gasteiger charge is -2.25. The monoisotopic (exact) mass is 439 g/mol. The van der Waals surface area contributed by atoms with Crippen LogP contribution in [0, 0.1) is 0 Å². The van der Waals surface area contributed by atoms with Crippen molar-refractivity contribution in [2.75, 3.05) is 26.9 Å². The minimum Gasteiger partial charge on any atom is -0.494 e. The Kier molecular flexibility index (Phi) is 8.71. The lowest BCUT2D eigenvalue weighted by atomic mass is 10.1. The fourth-order valence-corrected chi connectivity index (χ4v) is 3.39. The number of hydrogen-bond acceptors (Lipinski definition) is 7. The molecule has 3 aromatic rings. The van der Waals surface area contributed by atoms with Gasteiger partial charge in [0.2, 0.25) is 0 Å². The van der Waals surface area contributed by atoms with Gasteiger partial charge in [-0.05, 0) is 43.3 Å². The molecule has 0 saturated carbocycles. The summed E-state index contributed by atoms with van der Waals surface area (Å²) in [5.74, 6) is 2.54. The predicted molar refractivity (Wildman–Crippen MR) is 120 cm³/mol. The number of nitrogens with zero attached hydrogens (tertiary/aromatic N) is 1. The first-order valence-corrected chi connectivity index (χ1v) is 10.5. The minimum atomic E-state index is -0.764. The number of furan rings is 1. The standard InChI is InChI=1S/C25H29NO6/c1-3-30-23-9-5-4-7-20(23)14-26(16-22-8-6-12-31-22)15-21(28)18-32-24-11-10-19(17-27)13-25(24)29-2/h4-13,17,21,28H,3,14-16,18H2,1-2H3. The van der Waals surface area contributed by atoms with Gasteiger partial charge < -0.3 is 23.7 Å². The van der Waals surface area contributed by atoms with E-state index < -0.39 is 6.10 Å². The van der Waals surface area contributed by atoms with Crippen molar-refractivity contribution in [3.8, 4) is 17.2 Å². The Bertz CT molecular complexity index is 972. The first-order chi connectivity index (χ1) is 15.6. The van der Waals surface area contributed by atoms with Crippen molar-refractivity contribution >= 4 is 6.29 Å². The van der Waals surface area contributed by atoms with Crippen molar-refractivity contribution in [1.82, 2.24) is 4.90 Å². The molecule has 0 saturated heterocycles. The Morgan fingerprint density at radius 1 is 1.03 bits per heavy atom. The van der Waals surface area contributed by atoms with Gasteiger partial charge in [-0.25, -0.2) is 0 Å². The molecular formula is C25H29NO6. The van der Waals surface area contributed by atoms with Gasteiger partial charge in [0.1, 0.15) is 30.5 Å². The van der Waals surface area contributed by atoms with Gasteiger partial charge in [-0.2, -0.15) is 0 Å². The smallest absolute Gasteiger partial charge is 0.161 e. The van der Waals surface area contributed by atoms with Crippen molar-refractivity contribution < 1.29 is 28.5 Å². The number of para-hydroxylation sites is 1. The molecule has 0 radical (unpaired) electrons. The van der Waals surface area contributed by atoms with Crippen molar-refractivity contribution in [2.45, 2.75) is 26.1 Å². The molecule has 0 amide bonds. The largest absolute Gasteiger partial charge is 0.494 e. The summed E-state index contributed by atoms with van der Waals surface area (Å²) in [5.41, 5.74) is 1.52. The number of hydrogen-bond donors (Lipinski definition) is 1. The number of rotatable bonds is 13. The van der Waals surface area contributed by atoms with E-state index in [1.54, 1.807) is 24.5 Å². The normalized spacial score (nSPS) is 11.9. The average Bonchev–Trinajstić information content (AvgIpc) is 3.32. The summed E-state index contributed by atoms with van der Waals surface area (Å²) >= 11 is 0. The van der Waals surface area contributed by atoms with Gasteiger partial charge in [0.15, 0.2) is 11.5 Å². The number of aliphatic hydroxyl groups is 1. The van der Waals surface area contributed by atoms with Gasteiger partial charge in [-0.1, -0.05) is 18.2 Å². The third kappa shape index (κ3) is 6.60. The number of ether oxygens (including phenoxy) is 3. The van der Waals surface area contributed by atoms with E-state index in [2.05, 4.69) is 4.90 Å². The quantitative estimate of drug-likeness (QED) is 0.404. The van der Waals surface area contributed by atoms with Gasteiger partial charge in [0.05, 0.1) is 26.5 Å². The zero-order valence-electron chi connectivity index (χ0n) is 18.4. The topological polar surface area (TPSA) is 81.4 Å². The van der Waals surface area contributed by atoms with Gasteiger partial charge in [-0.3, -0.25) is 9.69 Å². The molecule has 32 heavy (non-hydrogen) atoms. The van der Waals surface area contributed by atoms with E-state index in [4.69, 9.17) is 18.6 Å². The summed E-state index contributed by atoms with van der Waals surface area (Å²) in [4.78, 5) is 13.0. The van der Waals surface area contributed by atoms with Gasteiger partial charge in [0.25, 0.3) is 0 Å². The van der Waals surface area contributed by atoms with Crippen LogP contribution in [0.1, 0.15) is 28.6 Å². The molecule has 0 aliphatic heterocycles. The molecule has 170 valence electrons. The Balaban J connectivity index is 1.67. The number of carbonyl (C=O) groups excluding carboxylic acids is 1. The number of aldehydes is 1. The number of aliphatic hydroxyl groups excluding tert-OH is 1. The Morgan fingerprint density at radius 2 is 1.88 bits per heavy atom. The maximum absolute atomic E-state index is 11.0. The molecule has 0 fully saturated rings. The number of carbonyl (C=O) groups is 1. The minimum absolute atomic E-state index is 0.0680. The molecule has 2 aromatic carbocycles. The van der Waals surface area contributed by atoms with E-state index >= 15 is 0 Å². The zero-order chi connectivity index (χ0) is 22.8. The summed E-state index contributed by atoms with van der Waals surface area (Å²) in [7, 11) is 1.51. The highest BCUT2D eigenvalue weighted by Gasteiger charge is 2.17. The van der Waals surface area contributed by atoms with Crippen LogP contribution < -0.4 is 14.2 Å². The highest BCUT2D eigenvalue weighted by atomic mass is 16.5. The van der Waals surface area contributed by atoms with Crippen LogP contribution in [0.2, 0.25) is 0 Å². The summed E-state index contributed by atoms with van der Waals surface area (Å²) in [6.07, 6.45) is 1.61. The molecule has 0 aliphatic carbocycles. The highest BCUT2D eigenvalue weighted by molar-refractivity contribution is 5.76. The average molecular weight is 440 g/mol. The van der Waals surface area contributed by atoms with Crippen molar-refractivity contribution in [2.24, 2.45) is 0 Å². The van der Waals surface area contributed by atoms with Crippen LogP contribution >= 0.6 is 0 Å². The number of benzene rings is 2. The molecule has 1 N–H and O–H groups in total. The second kappa shape index (κ2) is 11.9. The molecule has 0 spiro atoms. The van der Waals surface area contributed by atoms with Crippen LogP contribution in [-0.4, -0.2) is 49.3 Å². The van der Waals surface area contributed by atoms with Gasteiger partial charge in [-0.15, -0.1) is 0 Å². The van der Waals surface area contributed by atoms with Crippen LogP contribution in [0.15, 0.2) is 65.3 Å². The number of methoxy groups -OCH3 is 1. The molecule has 7 nitrogen and oxygen atoms in total. The molecule has 7 heteroatoms. The maximum Gasteiger partial charge on any atom is 0.161 e. The molecule has 0 aliphatic rings.